The number of nitriles is 1. The molecule has 4 heteroatoms. The van der Waals surface area contributed by atoms with Gasteiger partial charge in [0.1, 0.15) is 0 Å². The molecule has 1 aromatic rings. The van der Waals surface area contributed by atoms with Gasteiger partial charge < -0.3 is 9.47 Å². The Morgan fingerprint density at radius 3 is 2.53 bits per heavy atom. The fourth-order valence-corrected chi connectivity index (χ4v) is 1.39. The van der Waals surface area contributed by atoms with Gasteiger partial charge in [0.15, 0.2) is 11.5 Å². The molecule has 0 aromatic heterocycles. The lowest BCUT2D eigenvalue weighted by molar-refractivity contribution is 0.230. The molecular formula is C11H12ClNO2. The Kier molecular flexibility index (Phi) is 3.81. The molecule has 3 nitrogen and oxygen atoms in total. The first kappa shape index (κ1) is 11.7. The number of halogens is 1. The van der Waals surface area contributed by atoms with Crippen molar-refractivity contribution in [1.82, 2.24) is 0 Å². The summed E-state index contributed by atoms with van der Waals surface area (Å²) in [7, 11) is 1.51. The van der Waals surface area contributed by atoms with Gasteiger partial charge in [0.2, 0.25) is 0 Å². The Balaban J connectivity index is 3.20. The maximum absolute atomic E-state index is 8.75. The number of methoxy groups -OCH3 is 1. The highest BCUT2D eigenvalue weighted by Gasteiger charge is 2.12. The number of benzene rings is 1. The van der Waals surface area contributed by atoms with Crippen molar-refractivity contribution in [2.45, 2.75) is 20.0 Å². The van der Waals surface area contributed by atoms with E-state index in [1.807, 2.05) is 19.9 Å². The monoisotopic (exact) mass is 225 g/mol. The normalized spacial score (nSPS) is 9.87. The molecular weight excluding hydrogens is 214 g/mol. The number of hydrogen-bond acceptors (Lipinski definition) is 3. The molecule has 0 bridgehead atoms. The van der Waals surface area contributed by atoms with Crippen molar-refractivity contribution in [2.75, 3.05) is 7.11 Å². The Hall–Kier alpha value is -1.40. The van der Waals surface area contributed by atoms with Crippen LogP contribution in [0.15, 0.2) is 12.1 Å². The molecule has 0 aliphatic rings. The van der Waals surface area contributed by atoms with Gasteiger partial charge in [-0.2, -0.15) is 5.26 Å². The lowest BCUT2D eigenvalue weighted by Crippen LogP contribution is -2.07. The molecule has 1 rings (SSSR count). The van der Waals surface area contributed by atoms with Gasteiger partial charge in [0.05, 0.1) is 29.9 Å². The summed E-state index contributed by atoms with van der Waals surface area (Å²) in [6.07, 6.45) is 0.00401. The van der Waals surface area contributed by atoms with Crippen LogP contribution in [0.25, 0.3) is 0 Å². The highest BCUT2D eigenvalue weighted by atomic mass is 35.5. The van der Waals surface area contributed by atoms with Crippen LogP contribution in [0.1, 0.15) is 19.4 Å². The van der Waals surface area contributed by atoms with Crippen LogP contribution in [-0.2, 0) is 0 Å². The minimum atomic E-state index is 0.00401. The lowest BCUT2D eigenvalue weighted by atomic mass is 10.2. The fourth-order valence-electron chi connectivity index (χ4n) is 1.13. The van der Waals surface area contributed by atoms with Crippen molar-refractivity contribution in [3.05, 3.63) is 22.7 Å². The van der Waals surface area contributed by atoms with Crippen molar-refractivity contribution in [3.63, 3.8) is 0 Å². The zero-order chi connectivity index (χ0) is 11.4. The number of hydrogen-bond donors (Lipinski definition) is 0. The third-order valence-electron chi connectivity index (χ3n) is 1.71. The van der Waals surface area contributed by atoms with E-state index in [4.69, 9.17) is 26.3 Å². The lowest BCUT2D eigenvalue weighted by Gasteiger charge is -2.14. The average molecular weight is 226 g/mol. The summed E-state index contributed by atoms with van der Waals surface area (Å²) in [6, 6.07) is 5.16. The van der Waals surface area contributed by atoms with Gasteiger partial charge in [-0.05, 0) is 19.9 Å². The van der Waals surface area contributed by atoms with E-state index in [0.29, 0.717) is 22.1 Å². The van der Waals surface area contributed by atoms with Crippen LogP contribution in [0.5, 0.6) is 11.5 Å². The minimum Gasteiger partial charge on any atom is -0.493 e. The molecule has 0 saturated carbocycles. The van der Waals surface area contributed by atoms with Gasteiger partial charge in [0.25, 0.3) is 0 Å². The second kappa shape index (κ2) is 4.90. The van der Waals surface area contributed by atoms with Crippen molar-refractivity contribution in [2.24, 2.45) is 0 Å². The zero-order valence-corrected chi connectivity index (χ0v) is 9.63. The Morgan fingerprint density at radius 1 is 1.40 bits per heavy atom. The van der Waals surface area contributed by atoms with Crippen LogP contribution >= 0.6 is 11.6 Å². The summed E-state index contributed by atoms with van der Waals surface area (Å²) < 4.78 is 10.6. The predicted molar refractivity (Wildman–Crippen MR) is 58.5 cm³/mol. The standard InChI is InChI=1S/C11H12ClNO2/c1-7(2)15-11-9(12)4-8(6-13)5-10(11)14-3/h4-5,7H,1-3H3. The number of rotatable bonds is 3. The molecule has 15 heavy (non-hydrogen) atoms. The molecule has 0 spiro atoms. The molecule has 80 valence electrons. The van der Waals surface area contributed by atoms with Gasteiger partial charge in [-0.1, -0.05) is 11.6 Å². The number of nitrogens with zero attached hydrogens (tertiary/aromatic N) is 1. The van der Waals surface area contributed by atoms with Crippen molar-refractivity contribution in [3.8, 4) is 17.6 Å². The first-order valence-corrected chi connectivity index (χ1v) is 4.90. The van der Waals surface area contributed by atoms with Crippen molar-refractivity contribution >= 4 is 11.6 Å². The zero-order valence-electron chi connectivity index (χ0n) is 8.87. The summed E-state index contributed by atoms with van der Waals surface area (Å²) in [6.45, 7) is 3.79. The smallest absolute Gasteiger partial charge is 0.180 e. The van der Waals surface area contributed by atoms with Crippen LogP contribution in [0, 0.1) is 11.3 Å². The van der Waals surface area contributed by atoms with Crippen molar-refractivity contribution < 1.29 is 9.47 Å². The minimum absolute atomic E-state index is 0.00401. The van der Waals surface area contributed by atoms with E-state index >= 15 is 0 Å². The molecule has 0 saturated heterocycles. The highest BCUT2D eigenvalue weighted by molar-refractivity contribution is 6.32. The van der Waals surface area contributed by atoms with Gasteiger partial charge in [0, 0.05) is 6.07 Å². The molecule has 0 N–H and O–H groups in total. The SMILES string of the molecule is COc1cc(C#N)cc(Cl)c1OC(C)C. The van der Waals surface area contributed by atoms with Gasteiger partial charge in [-0.15, -0.1) is 0 Å². The molecule has 0 heterocycles. The number of ether oxygens (including phenoxy) is 2. The summed E-state index contributed by atoms with van der Waals surface area (Å²) in [5, 5.41) is 9.14. The summed E-state index contributed by atoms with van der Waals surface area (Å²) in [4.78, 5) is 0. The molecule has 0 aliphatic heterocycles. The molecule has 1 aromatic carbocycles. The largest absolute Gasteiger partial charge is 0.493 e. The fraction of sp³-hybridized carbons (Fsp3) is 0.364. The van der Waals surface area contributed by atoms with E-state index in [2.05, 4.69) is 0 Å². The van der Waals surface area contributed by atoms with E-state index in [9.17, 15) is 0 Å². The first-order valence-electron chi connectivity index (χ1n) is 4.52. The maximum atomic E-state index is 8.75. The summed E-state index contributed by atoms with van der Waals surface area (Å²) in [5.74, 6) is 0.959. The van der Waals surface area contributed by atoms with Gasteiger partial charge >= 0.3 is 0 Å². The van der Waals surface area contributed by atoms with Gasteiger partial charge in [-0.25, -0.2) is 0 Å². The third kappa shape index (κ3) is 2.77. The Bertz CT molecular complexity index is 396. The van der Waals surface area contributed by atoms with E-state index < -0.39 is 0 Å². The molecule has 0 fully saturated rings. The Morgan fingerprint density at radius 2 is 2.07 bits per heavy atom. The maximum Gasteiger partial charge on any atom is 0.180 e. The van der Waals surface area contributed by atoms with Gasteiger partial charge in [-0.3, -0.25) is 0 Å². The highest BCUT2D eigenvalue weighted by Crippen LogP contribution is 2.36. The molecule has 0 atom stereocenters. The Labute approximate surface area is 94.2 Å². The predicted octanol–water partition coefficient (Wildman–Crippen LogP) is 3.01. The second-order valence-corrected chi connectivity index (χ2v) is 3.68. The molecule has 0 radical (unpaired) electrons. The van der Waals surface area contributed by atoms with Crippen LogP contribution in [0.2, 0.25) is 5.02 Å². The first-order chi connectivity index (χ1) is 7.08. The topological polar surface area (TPSA) is 42.2 Å². The summed E-state index contributed by atoms with van der Waals surface area (Å²) in [5.41, 5.74) is 0.452. The van der Waals surface area contributed by atoms with E-state index in [0.717, 1.165) is 0 Å². The van der Waals surface area contributed by atoms with Crippen LogP contribution in [0.4, 0.5) is 0 Å². The average Bonchev–Trinajstić information content (AvgIpc) is 2.20. The van der Waals surface area contributed by atoms with Crippen LogP contribution in [0.3, 0.4) is 0 Å². The van der Waals surface area contributed by atoms with Crippen LogP contribution < -0.4 is 9.47 Å². The van der Waals surface area contributed by atoms with E-state index in [1.54, 1.807) is 12.1 Å². The molecule has 0 aliphatic carbocycles. The van der Waals surface area contributed by atoms with E-state index in [1.165, 1.54) is 7.11 Å². The third-order valence-corrected chi connectivity index (χ3v) is 1.99. The van der Waals surface area contributed by atoms with Crippen LogP contribution in [-0.4, -0.2) is 13.2 Å². The van der Waals surface area contributed by atoms with E-state index in [-0.39, 0.29) is 6.10 Å². The molecule has 0 unspecified atom stereocenters. The molecule has 0 amide bonds. The summed E-state index contributed by atoms with van der Waals surface area (Å²) >= 11 is 5.98. The van der Waals surface area contributed by atoms with Crippen molar-refractivity contribution in [1.29, 1.82) is 5.26 Å². The quantitative estimate of drug-likeness (QED) is 0.794. The second-order valence-electron chi connectivity index (χ2n) is 3.27.